The number of phenolic OH excluding ortho intramolecular Hbond substituents is 1. The van der Waals surface area contributed by atoms with Crippen LogP contribution in [-0.4, -0.2) is 15.1 Å². The van der Waals surface area contributed by atoms with E-state index < -0.39 is 0 Å². The molecule has 0 amide bonds. The summed E-state index contributed by atoms with van der Waals surface area (Å²) >= 11 is 3.20. The number of rotatable bonds is 1. The predicted molar refractivity (Wildman–Crippen MR) is 74.3 cm³/mol. The predicted octanol–water partition coefficient (Wildman–Crippen LogP) is 3.90. The van der Waals surface area contributed by atoms with Gasteiger partial charge in [0.05, 0.1) is 11.2 Å². The van der Waals surface area contributed by atoms with Gasteiger partial charge in [-0.1, -0.05) is 12.1 Å². The van der Waals surface area contributed by atoms with Gasteiger partial charge in [-0.05, 0) is 40.2 Å². The fourth-order valence-electron chi connectivity index (χ4n) is 1.95. The number of para-hydroxylation sites is 1. The minimum Gasteiger partial charge on any atom is -0.507 e. The fraction of sp³-hybridized carbons (Fsp3) is 0. The Kier molecular flexibility index (Phi) is 2.91. The molecule has 0 bridgehead atoms. The highest BCUT2D eigenvalue weighted by Crippen LogP contribution is 2.33. The molecular weight excluding hydrogens is 311 g/mol. The lowest BCUT2D eigenvalue weighted by atomic mass is 10.1. The van der Waals surface area contributed by atoms with E-state index in [0.29, 0.717) is 26.9 Å². The van der Waals surface area contributed by atoms with Crippen LogP contribution < -0.4 is 0 Å². The lowest BCUT2D eigenvalue weighted by Crippen LogP contribution is -1.92. The standard InChI is InChI=1S/C14H8BrFN2O/c15-14-17-11-7-8(16)5-6-9(11)13(18-14)10-3-1-2-4-12(10)19/h1-7,19H. The molecule has 3 rings (SSSR count). The Morgan fingerprint density at radius 2 is 1.84 bits per heavy atom. The van der Waals surface area contributed by atoms with E-state index in [1.165, 1.54) is 12.1 Å². The number of aromatic hydroxyl groups is 1. The van der Waals surface area contributed by atoms with Crippen molar-refractivity contribution >= 4 is 26.8 Å². The van der Waals surface area contributed by atoms with Crippen molar-refractivity contribution in [3.63, 3.8) is 0 Å². The molecule has 19 heavy (non-hydrogen) atoms. The highest BCUT2D eigenvalue weighted by atomic mass is 79.9. The van der Waals surface area contributed by atoms with Crippen molar-refractivity contribution in [2.75, 3.05) is 0 Å². The molecule has 2 aromatic carbocycles. The second-order valence-electron chi connectivity index (χ2n) is 4.02. The average Bonchev–Trinajstić information content (AvgIpc) is 2.38. The van der Waals surface area contributed by atoms with Crippen LogP contribution >= 0.6 is 15.9 Å². The summed E-state index contributed by atoms with van der Waals surface area (Å²) in [4.78, 5) is 8.42. The summed E-state index contributed by atoms with van der Waals surface area (Å²) in [5.74, 6) is -0.236. The minimum absolute atomic E-state index is 0.124. The minimum atomic E-state index is -0.360. The van der Waals surface area contributed by atoms with E-state index in [2.05, 4.69) is 25.9 Å². The van der Waals surface area contributed by atoms with Crippen LogP contribution in [0.25, 0.3) is 22.2 Å². The lowest BCUT2D eigenvalue weighted by Gasteiger charge is -2.08. The highest BCUT2D eigenvalue weighted by Gasteiger charge is 2.12. The molecule has 0 aliphatic rings. The van der Waals surface area contributed by atoms with Crippen molar-refractivity contribution < 1.29 is 9.50 Å². The number of fused-ring (bicyclic) bond motifs is 1. The van der Waals surface area contributed by atoms with Gasteiger partial charge in [0.25, 0.3) is 0 Å². The number of benzene rings is 2. The van der Waals surface area contributed by atoms with E-state index in [1.54, 1.807) is 30.3 Å². The maximum absolute atomic E-state index is 13.3. The van der Waals surface area contributed by atoms with Gasteiger partial charge >= 0.3 is 0 Å². The first-order valence-electron chi connectivity index (χ1n) is 5.56. The summed E-state index contributed by atoms with van der Waals surface area (Å²) < 4.78 is 13.6. The first kappa shape index (κ1) is 12.0. The van der Waals surface area contributed by atoms with Crippen molar-refractivity contribution in [3.8, 4) is 17.0 Å². The van der Waals surface area contributed by atoms with Gasteiger partial charge in [0.2, 0.25) is 0 Å². The lowest BCUT2D eigenvalue weighted by molar-refractivity contribution is 0.477. The van der Waals surface area contributed by atoms with Crippen LogP contribution in [0.4, 0.5) is 4.39 Å². The molecule has 1 aromatic heterocycles. The Labute approximate surface area is 116 Å². The topological polar surface area (TPSA) is 46.0 Å². The zero-order chi connectivity index (χ0) is 13.4. The van der Waals surface area contributed by atoms with Gasteiger partial charge in [0.1, 0.15) is 11.6 Å². The Morgan fingerprint density at radius 3 is 2.63 bits per heavy atom. The third kappa shape index (κ3) is 2.17. The number of halogens is 2. The molecule has 0 saturated carbocycles. The molecular formula is C14H8BrFN2O. The molecule has 3 aromatic rings. The van der Waals surface area contributed by atoms with Gasteiger partial charge in [-0.25, -0.2) is 14.4 Å². The maximum Gasteiger partial charge on any atom is 0.197 e. The van der Waals surface area contributed by atoms with Gasteiger partial charge in [0.15, 0.2) is 4.73 Å². The van der Waals surface area contributed by atoms with Crippen LogP contribution in [0.2, 0.25) is 0 Å². The summed E-state index contributed by atoms with van der Waals surface area (Å²) in [5, 5.41) is 10.6. The van der Waals surface area contributed by atoms with Crippen molar-refractivity contribution in [2.24, 2.45) is 0 Å². The van der Waals surface area contributed by atoms with Gasteiger partial charge in [0, 0.05) is 17.0 Å². The van der Waals surface area contributed by atoms with E-state index in [4.69, 9.17) is 0 Å². The first-order chi connectivity index (χ1) is 9.15. The molecule has 0 atom stereocenters. The Bertz CT molecular complexity index is 771. The third-order valence-corrected chi connectivity index (χ3v) is 3.15. The van der Waals surface area contributed by atoms with Gasteiger partial charge in [-0.15, -0.1) is 0 Å². The Hall–Kier alpha value is -2.01. The quantitative estimate of drug-likeness (QED) is 0.692. The molecule has 1 heterocycles. The summed E-state index contributed by atoms with van der Waals surface area (Å²) in [6.45, 7) is 0. The number of aromatic nitrogens is 2. The molecule has 0 spiro atoms. The van der Waals surface area contributed by atoms with Gasteiger partial charge in [-0.3, -0.25) is 0 Å². The number of hydrogen-bond acceptors (Lipinski definition) is 3. The Balaban J connectivity index is 2.38. The monoisotopic (exact) mass is 318 g/mol. The number of nitrogens with zero attached hydrogens (tertiary/aromatic N) is 2. The first-order valence-corrected chi connectivity index (χ1v) is 6.35. The van der Waals surface area contributed by atoms with E-state index >= 15 is 0 Å². The summed E-state index contributed by atoms with van der Waals surface area (Å²) in [5.41, 5.74) is 1.64. The Morgan fingerprint density at radius 1 is 1.05 bits per heavy atom. The summed E-state index contributed by atoms with van der Waals surface area (Å²) in [6.07, 6.45) is 0. The van der Waals surface area contributed by atoms with Crippen LogP contribution in [-0.2, 0) is 0 Å². The molecule has 0 aliphatic carbocycles. The molecule has 0 saturated heterocycles. The van der Waals surface area contributed by atoms with Crippen molar-refractivity contribution in [2.45, 2.75) is 0 Å². The summed E-state index contributed by atoms with van der Waals surface area (Å²) in [6, 6.07) is 11.2. The van der Waals surface area contributed by atoms with Crippen molar-refractivity contribution in [1.82, 2.24) is 9.97 Å². The molecule has 3 nitrogen and oxygen atoms in total. The zero-order valence-electron chi connectivity index (χ0n) is 9.64. The molecule has 5 heteroatoms. The fourth-order valence-corrected chi connectivity index (χ4v) is 2.32. The van der Waals surface area contributed by atoms with Crippen LogP contribution in [0, 0.1) is 5.82 Å². The van der Waals surface area contributed by atoms with Gasteiger partial charge < -0.3 is 5.11 Å². The molecule has 94 valence electrons. The SMILES string of the molecule is Oc1ccccc1-c1nc(Br)nc2cc(F)ccc12. The van der Waals surface area contributed by atoms with Crippen molar-refractivity contribution in [3.05, 3.63) is 53.0 Å². The number of phenols is 1. The molecule has 0 unspecified atom stereocenters. The van der Waals surface area contributed by atoms with E-state index in [9.17, 15) is 9.50 Å². The van der Waals surface area contributed by atoms with Crippen molar-refractivity contribution in [1.29, 1.82) is 0 Å². The van der Waals surface area contributed by atoms with Crippen LogP contribution in [0.1, 0.15) is 0 Å². The van der Waals surface area contributed by atoms with Gasteiger partial charge in [-0.2, -0.15) is 0 Å². The average molecular weight is 319 g/mol. The van der Waals surface area contributed by atoms with E-state index in [1.807, 2.05) is 0 Å². The molecule has 1 N–H and O–H groups in total. The highest BCUT2D eigenvalue weighted by molar-refractivity contribution is 9.10. The smallest absolute Gasteiger partial charge is 0.197 e. The van der Waals surface area contributed by atoms with Crippen LogP contribution in [0.5, 0.6) is 5.75 Å². The van der Waals surface area contributed by atoms with E-state index in [0.717, 1.165) is 0 Å². The largest absolute Gasteiger partial charge is 0.507 e. The third-order valence-electron chi connectivity index (χ3n) is 2.79. The number of hydrogen-bond donors (Lipinski definition) is 1. The second kappa shape index (κ2) is 4.59. The van der Waals surface area contributed by atoms with E-state index in [-0.39, 0.29) is 11.6 Å². The normalized spacial score (nSPS) is 10.8. The maximum atomic E-state index is 13.3. The van der Waals surface area contributed by atoms with Crippen LogP contribution in [0.3, 0.4) is 0 Å². The molecule has 0 radical (unpaired) electrons. The zero-order valence-corrected chi connectivity index (χ0v) is 11.2. The summed E-state index contributed by atoms with van der Waals surface area (Å²) in [7, 11) is 0. The van der Waals surface area contributed by atoms with Crippen LogP contribution in [0.15, 0.2) is 47.2 Å². The molecule has 0 aliphatic heterocycles. The second-order valence-corrected chi connectivity index (χ2v) is 4.73. The molecule has 0 fully saturated rings.